The van der Waals surface area contributed by atoms with Gasteiger partial charge in [0.15, 0.2) is 11.9 Å². The molecule has 1 aliphatic rings. The number of carbonyl (C=O) groups excluding carboxylic acids is 1. The van der Waals surface area contributed by atoms with Crippen LogP contribution in [0.2, 0.25) is 0 Å². The lowest BCUT2D eigenvalue weighted by Gasteiger charge is -2.23. The molecule has 1 amide bonds. The van der Waals surface area contributed by atoms with Crippen molar-refractivity contribution in [3.05, 3.63) is 23.5 Å². The van der Waals surface area contributed by atoms with Gasteiger partial charge in [-0.25, -0.2) is 4.39 Å². The number of nitrogens with zero attached hydrogens (tertiary/aromatic N) is 1. The highest BCUT2D eigenvalue weighted by molar-refractivity contribution is 5.98. The molecule has 1 aliphatic heterocycles. The monoisotopic (exact) mass is 206 g/mol. The Balaban J connectivity index is 2.57. The number of rotatable bonds is 0. The van der Waals surface area contributed by atoms with E-state index in [1.165, 1.54) is 0 Å². The fraction of sp³-hybridized carbons (Fsp3) is 0.200. The molecule has 0 spiro atoms. The van der Waals surface area contributed by atoms with E-state index in [-0.39, 0.29) is 22.9 Å². The van der Waals surface area contributed by atoms with Crippen molar-refractivity contribution in [2.75, 3.05) is 5.32 Å². The number of nitriles is 1. The molecule has 4 nitrogen and oxygen atoms in total. The average Bonchev–Trinajstić information content (AvgIpc) is 2.19. The van der Waals surface area contributed by atoms with Gasteiger partial charge in [0, 0.05) is 6.07 Å². The number of anilines is 1. The number of hydrogen-bond donors (Lipinski definition) is 1. The van der Waals surface area contributed by atoms with E-state index in [4.69, 9.17) is 10.00 Å². The molecule has 0 bridgehead atoms. The molecule has 0 saturated carbocycles. The van der Waals surface area contributed by atoms with Crippen molar-refractivity contribution in [2.24, 2.45) is 0 Å². The second kappa shape index (κ2) is 3.24. The molecule has 0 aromatic heterocycles. The summed E-state index contributed by atoms with van der Waals surface area (Å²) in [6.45, 7) is 1.56. The fourth-order valence-corrected chi connectivity index (χ4v) is 1.36. The van der Waals surface area contributed by atoms with Crippen molar-refractivity contribution in [1.29, 1.82) is 5.26 Å². The molecule has 1 N–H and O–H groups in total. The lowest BCUT2D eigenvalue weighted by molar-refractivity contribution is -0.122. The first-order valence-corrected chi connectivity index (χ1v) is 4.33. The second-order valence-electron chi connectivity index (χ2n) is 3.19. The summed E-state index contributed by atoms with van der Waals surface area (Å²) in [4.78, 5) is 11.2. The van der Waals surface area contributed by atoms with Gasteiger partial charge < -0.3 is 10.1 Å². The van der Waals surface area contributed by atoms with Gasteiger partial charge in [-0.05, 0) is 13.0 Å². The van der Waals surface area contributed by atoms with Gasteiger partial charge in [-0.15, -0.1) is 0 Å². The molecule has 2 rings (SSSR count). The second-order valence-corrected chi connectivity index (χ2v) is 3.19. The van der Waals surface area contributed by atoms with Crippen LogP contribution in [0.4, 0.5) is 10.1 Å². The van der Waals surface area contributed by atoms with Crippen molar-refractivity contribution < 1.29 is 13.9 Å². The number of fused-ring (bicyclic) bond motifs is 1. The van der Waals surface area contributed by atoms with E-state index >= 15 is 0 Å². The first-order chi connectivity index (χ1) is 7.11. The number of carbonyl (C=O) groups is 1. The smallest absolute Gasteiger partial charge is 0.265 e. The Morgan fingerprint density at radius 1 is 1.60 bits per heavy atom. The zero-order valence-electron chi connectivity index (χ0n) is 7.87. The molecule has 1 aromatic carbocycles. The summed E-state index contributed by atoms with van der Waals surface area (Å²) in [6.07, 6.45) is -0.671. The summed E-state index contributed by atoms with van der Waals surface area (Å²) >= 11 is 0. The van der Waals surface area contributed by atoms with Crippen LogP contribution >= 0.6 is 0 Å². The molecule has 1 aromatic rings. The van der Waals surface area contributed by atoms with Crippen molar-refractivity contribution in [3.63, 3.8) is 0 Å². The van der Waals surface area contributed by atoms with Crippen molar-refractivity contribution >= 4 is 11.6 Å². The first-order valence-electron chi connectivity index (χ1n) is 4.33. The molecular weight excluding hydrogens is 199 g/mol. The highest BCUT2D eigenvalue weighted by atomic mass is 19.1. The van der Waals surface area contributed by atoms with Crippen LogP contribution < -0.4 is 10.1 Å². The summed E-state index contributed by atoms with van der Waals surface area (Å²) in [5.41, 5.74) is 0.284. The number of halogens is 1. The standard InChI is InChI=1S/C10H7FN2O2/c1-5-10(14)13-8-3-7(11)2-6(4-12)9(8)15-5/h2-3,5H,1H3,(H,13,14). The van der Waals surface area contributed by atoms with E-state index in [1.807, 2.05) is 6.07 Å². The van der Waals surface area contributed by atoms with Gasteiger partial charge in [-0.1, -0.05) is 0 Å². The summed E-state index contributed by atoms with van der Waals surface area (Å²) in [7, 11) is 0. The van der Waals surface area contributed by atoms with Crippen LogP contribution in [0.1, 0.15) is 12.5 Å². The van der Waals surface area contributed by atoms with Crippen LogP contribution in [-0.4, -0.2) is 12.0 Å². The summed E-state index contributed by atoms with van der Waals surface area (Å²) in [6, 6.07) is 4.01. The van der Waals surface area contributed by atoms with E-state index in [0.29, 0.717) is 0 Å². The Bertz CT molecular complexity index is 479. The maximum atomic E-state index is 13.0. The molecule has 1 unspecified atom stereocenters. The Labute approximate surface area is 85.3 Å². The van der Waals surface area contributed by atoms with E-state index in [9.17, 15) is 9.18 Å². The fourth-order valence-electron chi connectivity index (χ4n) is 1.36. The van der Waals surface area contributed by atoms with Crippen LogP contribution in [0.3, 0.4) is 0 Å². The van der Waals surface area contributed by atoms with Crippen LogP contribution in [0.25, 0.3) is 0 Å². The minimum absolute atomic E-state index is 0.0804. The summed E-state index contributed by atoms with van der Waals surface area (Å²) in [5.74, 6) is -0.702. The molecular formula is C10H7FN2O2. The number of nitrogens with one attached hydrogen (secondary N) is 1. The van der Waals surface area contributed by atoms with Crippen LogP contribution in [-0.2, 0) is 4.79 Å². The summed E-state index contributed by atoms with van der Waals surface area (Å²) in [5, 5.41) is 11.2. The molecule has 5 heteroatoms. The Hall–Kier alpha value is -2.09. The number of benzene rings is 1. The van der Waals surface area contributed by atoms with Crippen molar-refractivity contribution in [2.45, 2.75) is 13.0 Å². The SMILES string of the molecule is CC1Oc2c(C#N)cc(F)cc2NC1=O. The number of amides is 1. The van der Waals surface area contributed by atoms with E-state index in [1.54, 1.807) is 6.92 Å². The van der Waals surface area contributed by atoms with Crippen LogP contribution in [0, 0.1) is 17.1 Å². The lowest BCUT2D eigenvalue weighted by Crippen LogP contribution is -2.34. The maximum Gasteiger partial charge on any atom is 0.265 e. The van der Waals surface area contributed by atoms with E-state index in [2.05, 4.69) is 5.32 Å². The third kappa shape index (κ3) is 1.50. The molecule has 1 atom stereocenters. The lowest BCUT2D eigenvalue weighted by atomic mass is 10.1. The summed E-state index contributed by atoms with van der Waals surface area (Å²) < 4.78 is 18.2. The van der Waals surface area contributed by atoms with Crippen molar-refractivity contribution in [3.8, 4) is 11.8 Å². The van der Waals surface area contributed by atoms with Gasteiger partial charge in [-0.2, -0.15) is 5.26 Å². The molecule has 0 radical (unpaired) electrons. The van der Waals surface area contributed by atoms with Gasteiger partial charge in [-0.3, -0.25) is 4.79 Å². The predicted molar refractivity (Wildman–Crippen MR) is 49.8 cm³/mol. The van der Waals surface area contributed by atoms with Gasteiger partial charge in [0.05, 0.1) is 11.3 Å². The zero-order valence-corrected chi connectivity index (χ0v) is 7.87. The van der Waals surface area contributed by atoms with E-state index < -0.39 is 11.9 Å². The highest BCUT2D eigenvalue weighted by Crippen LogP contribution is 2.33. The van der Waals surface area contributed by atoms with Gasteiger partial charge in [0.1, 0.15) is 11.9 Å². The minimum Gasteiger partial charge on any atom is -0.477 e. The van der Waals surface area contributed by atoms with Gasteiger partial charge >= 0.3 is 0 Å². The maximum absolute atomic E-state index is 13.0. The van der Waals surface area contributed by atoms with E-state index in [0.717, 1.165) is 12.1 Å². The third-order valence-corrected chi connectivity index (χ3v) is 2.10. The largest absolute Gasteiger partial charge is 0.477 e. The molecule has 15 heavy (non-hydrogen) atoms. The topological polar surface area (TPSA) is 62.1 Å². The molecule has 0 fully saturated rings. The van der Waals surface area contributed by atoms with Crippen LogP contribution in [0.5, 0.6) is 5.75 Å². The minimum atomic E-state index is -0.671. The Morgan fingerprint density at radius 3 is 3.00 bits per heavy atom. The van der Waals surface area contributed by atoms with Crippen LogP contribution in [0.15, 0.2) is 12.1 Å². The number of ether oxygens (including phenoxy) is 1. The molecule has 0 saturated heterocycles. The Kier molecular flexibility index (Phi) is 2.05. The van der Waals surface area contributed by atoms with Crippen molar-refractivity contribution in [1.82, 2.24) is 0 Å². The Morgan fingerprint density at radius 2 is 2.33 bits per heavy atom. The predicted octanol–water partition coefficient (Wildman–Crippen LogP) is 1.42. The van der Waals surface area contributed by atoms with Gasteiger partial charge in [0.25, 0.3) is 5.91 Å². The highest BCUT2D eigenvalue weighted by Gasteiger charge is 2.26. The van der Waals surface area contributed by atoms with Gasteiger partial charge in [0.2, 0.25) is 0 Å². The quantitative estimate of drug-likeness (QED) is 0.698. The molecule has 0 aliphatic carbocycles. The molecule has 1 heterocycles. The first kappa shape index (κ1) is 9.46. The molecule has 76 valence electrons. The zero-order chi connectivity index (χ0) is 11.0. The number of hydrogen-bond acceptors (Lipinski definition) is 3. The normalized spacial score (nSPS) is 18.5. The average molecular weight is 206 g/mol. The third-order valence-electron chi connectivity index (χ3n) is 2.10.